The Kier molecular flexibility index (Phi) is 9.30. The number of hydrogen-bond donors (Lipinski definition) is 6. The van der Waals surface area contributed by atoms with E-state index in [2.05, 4.69) is 20.6 Å². The fraction of sp³-hybridized carbons (Fsp3) is 0.231. The van der Waals surface area contributed by atoms with Gasteiger partial charge in [-0.1, -0.05) is 24.3 Å². The van der Waals surface area contributed by atoms with Crippen molar-refractivity contribution < 1.29 is 9.59 Å². The summed E-state index contributed by atoms with van der Waals surface area (Å²) in [5.41, 5.74) is 14.2. The summed E-state index contributed by atoms with van der Waals surface area (Å²) in [6.07, 6.45) is 2.58. The number of anilines is 2. The van der Waals surface area contributed by atoms with Gasteiger partial charge in [0.2, 0.25) is 0 Å². The summed E-state index contributed by atoms with van der Waals surface area (Å²) in [6, 6.07) is 16.0. The molecule has 0 bridgehead atoms. The first-order valence-electron chi connectivity index (χ1n) is 11.9. The topological polar surface area (TPSA) is 190 Å². The highest BCUT2D eigenvalue weighted by molar-refractivity contribution is 6.06. The lowest BCUT2D eigenvalue weighted by Crippen LogP contribution is -2.34. The number of carbonyl (C=O) groups is 2. The molecule has 0 atom stereocenters. The largest absolute Gasteiger partial charge is 0.370 e. The van der Waals surface area contributed by atoms with Gasteiger partial charge in [0, 0.05) is 44.6 Å². The third-order valence-corrected chi connectivity index (χ3v) is 5.85. The van der Waals surface area contributed by atoms with Crippen molar-refractivity contribution >= 4 is 35.1 Å². The summed E-state index contributed by atoms with van der Waals surface area (Å²) in [7, 11) is 3.50. The zero-order valence-electron chi connectivity index (χ0n) is 21.4. The van der Waals surface area contributed by atoms with Gasteiger partial charge in [0.05, 0.1) is 0 Å². The first-order valence-corrected chi connectivity index (χ1v) is 11.9. The molecule has 0 unspecified atom stereocenters. The average Bonchev–Trinajstić information content (AvgIpc) is 2.91. The Morgan fingerprint density at radius 2 is 1.11 bits per heavy atom. The third kappa shape index (κ3) is 8.01. The zero-order valence-corrected chi connectivity index (χ0v) is 21.4. The van der Waals surface area contributed by atoms with E-state index in [1.165, 1.54) is 12.4 Å². The van der Waals surface area contributed by atoms with Crippen LogP contribution in [0, 0.1) is 10.8 Å². The monoisotopic (exact) mass is 516 g/mol. The van der Waals surface area contributed by atoms with E-state index in [0.29, 0.717) is 37.3 Å². The first kappa shape index (κ1) is 27.6. The molecule has 0 aliphatic rings. The number of aromatic nitrogens is 2. The Morgan fingerprint density at radius 3 is 1.45 bits per heavy atom. The standard InChI is InChI=1S/C26H32N10O2/c1-35(25(27)28)13-11-17-3-7-19(8-4-17)33-23(37)21-15-22(32-16-31-21)24(38)34-20-9-5-18(6-10-20)12-14-36(2)26(29)30/h3-10,15-16H,11-14H2,1-2H3,(H3,27,28)(H3,29,30)(H,33,37)(H,34,38). The van der Waals surface area contributed by atoms with Gasteiger partial charge in [-0.25, -0.2) is 9.97 Å². The van der Waals surface area contributed by atoms with Crippen molar-refractivity contribution in [2.24, 2.45) is 11.5 Å². The van der Waals surface area contributed by atoms with Gasteiger partial charge in [-0.3, -0.25) is 20.4 Å². The summed E-state index contributed by atoms with van der Waals surface area (Å²) in [5, 5.41) is 20.4. The summed E-state index contributed by atoms with van der Waals surface area (Å²) in [4.78, 5) is 36.7. The van der Waals surface area contributed by atoms with Crippen LogP contribution in [0.5, 0.6) is 0 Å². The average molecular weight is 517 g/mol. The van der Waals surface area contributed by atoms with Gasteiger partial charge in [0.15, 0.2) is 11.9 Å². The molecule has 198 valence electrons. The van der Waals surface area contributed by atoms with Crippen LogP contribution in [-0.2, 0) is 12.8 Å². The second-order valence-electron chi connectivity index (χ2n) is 8.70. The normalized spacial score (nSPS) is 10.4. The maximum absolute atomic E-state index is 12.7. The molecule has 0 saturated heterocycles. The van der Waals surface area contributed by atoms with Crippen LogP contribution in [0.4, 0.5) is 11.4 Å². The Bertz CT molecular complexity index is 1200. The Balaban J connectivity index is 1.56. The van der Waals surface area contributed by atoms with Crippen LogP contribution in [0.15, 0.2) is 60.9 Å². The minimum Gasteiger partial charge on any atom is -0.370 e. The minimum atomic E-state index is -0.467. The molecule has 3 rings (SSSR count). The van der Waals surface area contributed by atoms with E-state index in [0.717, 1.165) is 11.1 Å². The van der Waals surface area contributed by atoms with Crippen LogP contribution >= 0.6 is 0 Å². The van der Waals surface area contributed by atoms with E-state index in [1.807, 2.05) is 24.3 Å². The highest BCUT2D eigenvalue weighted by Crippen LogP contribution is 2.14. The maximum Gasteiger partial charge on any atom is 0.274 e. The van der Waals surface area contributed by atoms with E-state index in [-0.39, 0.29) is 23.3 Å². The van der Waals surface area contributed by atoms with Crippen molar-refractivity contribution in [1.82, 2.24) is 19.8 Å². The van der Waals surface area contributed by atoms with Crippen molar-refractivity contribution in [2.45, 2.75) is 12.8 Å². The molecule has 12 nitrogen and oxygen atoms in total. The SMILES string of the molecule is CN(CCc1ccc(NC(=O)c2cc(C(=O)Nc3ccc(CCN(C)C(=N)N)cc3)ncn2)cc1)C(=N)N. The summed E-state index contributed by atoms with van der Waals surface area (Å²) in [6.45, 7) is 1.21. The molecule has 1 heterocycles. The number of benzene rings is 2. The molecule has 3 aromatic rings. The van der Waals surface area contributed by atoms with Crippen LogP contribution in [-0.4, -0.2) is 70.7 Å². The number of hydrogen-bond acceptors (Lipinski definition) is 6. The highest BCUT2D eigenvalue weighted by Gasteiger charge is 2.14. The number of guanidine groups is 2. The quantitative estimate of drug-likeness (QED) is 0.173. The van der Waals surface area contributed by atoms with E-state index >= 15 is 0 Å². The van der Waals surface area contributed by atoms with E-state index < -0.39 is 11.8 Å². The van der Waals surface area contributed by atoms with Gasteiger partial charge < -0.3 is 31.9 Å². The molecular formula is C26H32N10O2. The number of likely N-dealkylation sites (N-methyl/N-ethyl adjacent to an activating group) is 2. The van der Waals surface area contributed by atoms with Gasteiger partial charge in [0.25, 0.3) is 11.8 Å². The Labute approximate surface area is 221 Å². The number of rotatable bonds is 10. The van der Waals surface area contributed by atoms with Gasteiger partial charge >= 0.3 is 0 Å². The second-order valence-corrected chi connectivity index (χ2v) is 8.70. The number of amides is 2. The van der Waals surface area contributed by atoms with Crippen LogP contribution < -0.4 is 22.1 Å². The molecule has 38 heavy (non-hydrogen) atoms. The van der Waals surface area contributed by atoms with Crippen molar-refractivity contribution in [3.8, 4) is 0 Å². The zero-order chi connectivity index (χ0) is 27.7. The molecule has 0 saturated carbocycles. The molecule has 0 aliphatic heterocycles. The Morgan fingerprint density at radius 1 is 0.737 bits per heavy atom. The van der Waals surface area contributed by atoms with Gasteiger partial charge in [-0.15, -0.1) is 0 Å². The van der Waals surface area contributed by atoms with E-state index in [4.69, 9.17) is 22.3 Å². The molecule has 8 N–H and O–H groups in total. The lowest BCUT2D eigenvalue weighted by atomic mass is 10.1. The number of nitrogens with one attached hydrogen (secondary N) is 4. The first-order chi connectivity index (χ1) is 18.1. The molecule has 12 heteroatoms. The van der Waals surface area contributed by atoms with Crippen LogP contribution in [0.2, 0.25) is 0 Å². The summed E-state index contributed by atoms with van der Waals surface area (Å²) in [5.74, 6) is -0.915. The van der Waals surface area contributed by atoms with Crippen LogP contribution in [0.1, 0.15) is 32.1 Å². The van der Waals surface area contributed by atoms with Crippen molar-refractivity contribution in [3.05, 3.63) is 83.4 Å². The summed E-state index contributed by atoms with van der Waals surface area (Å²) >= 11 is 0. The molecule has 0 radical (unpaired) electrons. The Hall–Kier alpha value is -5.00. The lowest BCUT2D eigenvalue weighted by Gasteiger charge is -2.16. The van der Waals surface area contributed by atoms with Gasteiger partial charge in [-0.2, -0.15) is 0 Å². The lowest BCUT2D eigenvalue weighted by molar-refractivity contribution is 0.102. The molecule has 0 aliphatic carbocycles. The van der Waals surface area contributed by atoms with Crippen molar-refractivity contribution in [3.63, 3.8) is 0 Å². The molecule has 0 spiro atoms. The highest BCUT2D eigenvalue weighted by atomic mass is 16.2. The van der Waals surface area contributed by atoms with Gasteiger partial charge in [0.1, 0.15) is 17.7 Å². The van der Waals surface area contributed by atoms with E-state index in [1.54, 1.807) is 48.2 Å². The van der Waals surface area contributed by atoms with Crippen LogP contribution in [0.3, 0.4) is 0 Å². The molecule has 0 fully saturated rings. The van der Waals surface area contributed by atoms with E-state index in [9.17, 15) is 9.59 Å². The molecule has 1 aromatic heterocycles. The molecule has 2 aromatic carbocycles. The predicted octanol–water partition coefficient (Wildman–Crippen LogP) is 1.72. The van der Waals surface area contributed by atoms with Crippen LogP contribution in [0.25, 0.3) is 0 Å². The third-order valence-electron chi connectivity index (χ3n) is 5.85. The minimum absolute atomic E-state index is 0.00959. The fourth-order valence-corrected chi connectivity index (χ4v) is 3.34. The predicted molar refractivity (Wildman–Crippen MR) is 147 cm³/mol. The smallest absolute Gasteiger partial charge is 0.274 e. The fourth-order valence-electron chi connectivity index (χ4n) is 3.34. The van der Waals surface area contributed by atoms with Crippen molar-refractivity contribution in [1.29, 1.82) is 10.8 Å². The van der Waals surface area contributed by atoms with Gasteiger partial charge in [-0.05, 0) is 48.2 Å². The second kappa shape index (κ2) is 12.8. The number of nitrogens with two attached hydrogens (primary N) is 2. The number of carbonyl (C=O) groups excluding carboxylic acids is 2. The molecular weight excluding hydrogens is 484 g/mol. The van der Waals surface area contributed by atoms with Crippen molar-refractivity contribution in [2.75, 3.05) is 37.8 Å². The number of nitrogens with zero attached hydrogens (tertiary/aromatic N) is 4. The maximum atomic E-state index is 12.7. The summed E-state index contributed by atoms with van der Waals surface area (Å²) < 4.78 is 0. The molecule has 2 amide bonds.